The molecule has 0 saturated heterocycles. The Balaban J connectivity index is 2.12. The number of hydrogen-bond donors (Lipinski definition) is 1. The predicted molar refractivity (Wildman–Crippen MR) is 82.6 cm³/mol. The first kappa shape index (κ1) is 15.3. The summed E-state index contributed by atoms with van der Waals surface area (Å²) < 4.78 is 38.4. The van der Waals surface area contributed by atoms with Crippen LogP contribution in [-0.4, -0.2) is 10.8 Å². The van der Waals surface area contributed by atoms with Gasteiger partial charge in [0.15, 0.2) is 5.78 Å². The molecule has 0 atom stereocenters. The number of carbonyl (C=O) groups is 1. The third-order valence-electron chi connectivity index (χ3n) is 3.85. The number of rotatable bonds is 2. The third-order valence-corrected chi connectivity index (χ3v) is 3.85. The zero-order valence-electron chi connectivity index (χ0n) is 12.6. The Morgan fingerprint density at radius 3 is 2.26 bits per heavy atom. The van der Waals surface area contributed by atoms with Crippen LogP contribution in [0.1, 0.15) is 32.7 Å². The van der Waals surface area contributed by atoms with Gasteiger partial charge < -0.3 is 4.98 Å². The van der Waals surface area contributed by atoms with Gasteiger partial charge in [0, 0.05) is 22.2 Å². The monoisotopic (exact) mass is 317 g/mol. The van der Waals surface area contributed by atoms with E-state index >= 15 is 0 Å². The number of ketones is 1. The molecule has 0 radical (unpaired) electrons. The molecule has 0 spiro atoms. The summed E-state index contributed by atoms with van der Waals surface area (Å²) in [7, 11) is 0. The van der Waals surface area contributed by atoms with Crippen molar-refractivity contribution < 1.29 is 18.0 Å². The number of aromatic amines is 1. The van der Waals surface area contributed by atoms with Gasteiger partial charge in [-0.25, -0.2) is 0 Å². The van der Waals surface area contributed by atoms with Crippen LogP contribution in [0.3, 0.4) is 0 Å². The topological polar surface area (TPSA) is 32.9 Å². The Kier molecular flexibility index (Phi) is 3.51. The molecule has 0 bridgehead atoms. The van der Waals surface area contributed by atoms with Gasteiger partial charge in [0.25, 0.3) is 0 Å². The maximum absolute atomic E-state index is 12.8. The van der Waals surface area contributed by atoms with Gasteiger partial charge in [-0.2, -0.15) is 13.2 Å². The molecule has 0 amide bonds. The second-order valence-electron chi connectivity index (χ2n) is 5.58. The highest BCUT2D eigenvalue weighted by molar-refractivity contribution is 6.17. The quantitative estimate of drug-likeness (QED) is 0.660. The molecule has 3 rings (SSSR count). The molecular weight excluding hydrogens is 303 g/mol. The molecule has 118 valence electrons. The van der Waals surface area contributed by atoms with Crippen LogP contribution in [0.25, 0.3) is 10.9 Å². The van der Waals surface area contributed by atoms with E-state index in [0.717, 1.165) is 17.7 Å². The molecule has 0 aliphatic carbocycles. The molecular formula is C18H14F3NO. The number of aromatic nitrogens is 1. The minimum atomic E-state index is -4.41. The number of hydrogen-bond acceptors (Lipinski definition) is 1. The van der Waals surface area contributed by atoms with Gasteiger partial charge in [-0.1, -0.05) is 35.9 Å². The van der Waals surface area contributed by atoms with Gasteiger partial charge >= 0.3 is 6.18 Å². The molecule has 1 aromatic heterocycles. The fourth-order valence-electron chi connectivity index (χ4n) is 2.65. The normalized spacial score (nSPS) is 11.9. The summed E-state index contributed by atoms with van der Waals surface area (Å²) in [4.78, 5) is 15.6. The van der Waals surface area contributed by atoms with Crippen LogP contribution in [-0.2, 0) is 6.18 Å². The molecule has 2 nitrogen and oxygen atoms in total. The first-order chi connectivity index (χ1) is 10.8. The number of carbonyl (C=O) groups excluding carboxylic acids is 1. The Labute approximate surface area is 130 Å². The molecule has 0 aliphatic rings. The van der Waals surface area contributed by atoms with E-state index in [1.165, 1.54) is 6.07 Å². The highest BCUT2D eigenvalue weighted by Crippen LogP contribution is 2.33. The second kappa shape index (κ2) is 5.26. The van der Waals surface area contributed by atoms with Gasteiger partial charge in [-0.05, 0) is 26.0 Å². The first-order valence-electron chi connectivity index (χ1n) is 7.08. The van der Waals surface area contributed by atoms with Gasteiger partial charge in [0.05, 0.1) is 11.1 Å². The average molecular weight is 317 g/mol. The lowest BCUT2D eigenvalue weighted by Gasteiger charge is -2.06. The smallest absolute Gasteiger partial charge is 0.358 e. The Morgan fingerprint density at radius 2 is 1.65 bits per heavy atom. The number of halogens is 3. The van der Waals surface area contributed by atoms with E-state index in [1.54, 1.807) is 19.1 Å². The Bertz CT molecular complexity index is 889. The SMILES string of the molecule is Cc1ccc(C(=O)c2c(C)[nH]c3cc(C(F)(F)F)ccc23)cc1. The first-order valence-corrected chi connectivity index (χ1v) is 7.08. The zero-order chi connectivity index (χ0) is 16.8. The fourth-order valence-corrected chi connectivity index (χ4v) is 2.65. The summed E-state index contributed by atoms with van der Waals surface area (Å²) in [5, 5.41) is 0.501. The number of alkyl halides is 3. The summed E-state index contributed by atoms with van der Waals surface area (Å²) >= 11 is 0. The van der Waals surface area contributed by atoms with E-state index in [2.05, 4.69) is 4.98 Å². The molecule has 0 fully saturated rings. The van der Waals surface area contributed by atoms with E-state index in [-0.39, 0.29) is 5.78 Å². The zero-order valence-corrected chi connectivity index (χ0v) is 12.6. The molecule has 3 aromatic rings. The summed E-state index contributed by atoms with van der Waals surface area (Å²) in [5.74, 6) is -0.200. The summed E-state index contributed by atoms with van der Waals surface area (Å²) in [6.45, 7) is 3.61. The molecule has 1 heterocycles. The average Bonchev–Trinajstić information content (AvgIpc) is 2.81. The predicted octanol–water partition coefficient (Wildman–Crippen LogP) is 5.03. The van der Waals surface area contributed by atoms with E-state index < -0.39 is 11.7 Å². The lowest BCUT2D eigenvalue weighted by Crippen LogP contribution is -2.04. The minimum Gasteiger partial charge on any atom is -0.358 e. The number of H-pyrrole nitrogens is 1. The second-order valence-corrected chi connectivity index (χ2v) is 5.58. The third kappa shape index (κ3) is 2.74. The molecule has 0 aliphatic heterocycles. The van der Waals surface area contributed by atoms with Gasteiger partial charge in [0.2, 0.25) is 0 Å². The number of aryl methyl sites for hydroxylation is 2. The fraction of sp³-hybridized carbons (Fsp3) is 0.167. The van der Waals surface area contributed by atoms with Crippen molar-refractivity contribution in [1.82, 2.24) is 4.98 Å². The summed E-state index contributed by atoms with van der Waals surface area (Å²) in [6, 6.07) is 10.5. The van der Waals surface area contributed by atoms with Crippen molar-refractivity contribution in [2.24, 2.45) is 0 Å². The largest absolute Gasteiger partial charge is 0.416 e. The van der Waals surface area contributed by atoms with E-state index in [4.69, 9.17) is 0 Å². The lowest BCUT2D eigenvalue weighted by atomic mass is 9.99. The van der Waals surface area contributed by atoms with E-state index in [1.807, 2.05) is 19.1 Å². The van der Waals surface area contributed by atoms with Crippen molar-refractivity contribution in [3.63, 3.8) is 0 Å². The number of benzene rings is 2. The van der Waals surface area contributed by atoms with Crippen LogP contribution in [0.2, 0.25) is 0 Å². The summed E-state index contributed by atoms with van der Waals surface area (Å²) in [5.41, 5.74) is 2.10. The van der Waals surface area contributed by atoms with Gasteiger partial charge in [-0.3, -0.25) is 4.79 Å². The minimum absolute atomic E-state index is 0.200. The van der Waals surface area contributed by atoms with Crippen molar-refractivity contribution in [2.45, 2.75) is 20.0 Å². The van der Waals surface area contributed by atoms with Crippen LogP contribution in [0, 0.1) is 13.8 Å². The highest BCUT2D eigenvalue weighted by Gasteiger charge is 2.31. The van der Waals surface area contributed by atoms with E-state index in [9.17, 15) is 18.0 Å². The Hall–Kier alpha value is -2.56. The van der Waals surface area contributed by atoms with Crippen LogP contribution < -0.4 is 0 Å². The molecule has 1 N–H and O–H groups in total. The van der Waals surface area contributed by atoms with Crippen LogP contribution in [0.4, 0.5) is 13.2 Å². The van der Waals surface area contributed by atoms with Crippen molar-refractivity contribution in [3.05, 3.63) is 70.4 Å². The van der Waals surface area contributed by atoms with E-state index in [0.29, 0.717) is 27.7 Å². The lowest BCUT2D eigenvalue weighted by molar-refractivity contribution is -0.137. The molecule has 0 unspecified atom stereocenters. The Morgan fingerprint density at radius 1 is 1.00 bits per heavy atom. The number of nitrogens with one attached hydrogen (secondary N) is 1. The highest BCUT2D eigenvalue weighted by atomic mass is 19.4. The van der Waals surface area contributed by atoms with Crippen molar-refractivity contribution >= 4 is 16.7 Å². The van der Waals surface area contributed by atoms with Crippen LogP contribution >= 0.6 is 0 Å². The van der Waals surface area contributed by atoms with Gasteiger partial charge in [-0.15, -0.1) is 0 Å². The van der Waals surface area contributed by atoms with Crippen LogP contribution in [0.5, 0.6) is 0 Å². The van der Waals surface area contributed by atoms with Crippen molar-refractivity contribution in [3.8, 4) is 0 Å². The van der Waals surface area contributed by atoms with Gasteiger partial charge in [0.1, 0.15) is 0 Å². The molecule has 23 heavy (non-hydrogen) atoms. The maximum atomic E-state index is 12.8. The standard InChI is InChI=1S/C18H14F3NO/c1-10-3-5-12(6-4-10)17(23)16-11(2)22-15-9-13(18(19,20)21)7-8-14(15)16/h3-9,22H,1-2H3. The molecule has 2 aromatic carbocycles. The van der Waals surface area contributed by atoms with Crippen LogP contribution in [0.15, 0.2) is 42.5 Å². The molecule has 0 saturated carbocycles. The van der Waals surface area contributed by atoms with Crippen molar-refractivity contribution in [2.75, 3.05) is 0 Å². The maximum Gasteiger partial charge on any atom is 0.416 e. The van der Waals surface area contributed by atoms with Crippen molar-refractivity contribution in [1.29, 1.82) is 0 Å². The number of fused-ring (bicyclic) bond motifs is 1. The molecule has 5 heteroatoms. The summed E-state index contributed by atoms with van der Waals surface area (Å²) in [6.07, 6.45) is -4.41.